The summed E-state index contributed by atoms with van der Waals surface area (Å²) in [5.41, 5.74) is 0.770. The Morgan fingerprint density at radius 1 is 1.26 bits per heavy atom. The predicted octanol–water partition coefficient (Wildman–Crippen LogP) is 2.22. The molecule has 106 valence electrons. The van der Waals surface area contributed by atoms with E-state index in [1.807, 2.05) is 33.2 Å². The van der Waals surface area contributed by atoms with E-state index in [-0.39, 0.29) is 0 Å². The van der Waals surface area contributed by atoms with Gasteiger partial charge in [-0.2, -0.15) is 0 Å². The fourth-order valence-electron chi connectivity index (χ4n) is 1.62. The van der Waals surface area contributed by atoms with Crippen molar-refractivity contribution in [3.05, 3.63) is 23.8 Å². The number of hydrogen-bond acceptors (Lipinski definition) is 5. The molecule has 5 heteroatoms. The Hall–Kier alpha value is -1.75. The van der Waals surface area contributed by atoms with Crippen molar-refractivity contribution in [2.45, 2.75) is 13.3 Å². The molecule has 19 heavy (non-hydrogen) atoms. The molecule has 0 bridgehead atoms. The van der Waals surface area contributed by atoms with Crippen LogP contribution in [-0.2, 0) is 0 Å². The average Bonchev–Trinajstić information content (AvgIpc) is 2.37. The third-order valence-corrected chi connectivity index (χ3v) is 2.48. The topological polar surface area (TPSA) is 54.3 Å². The van der Waals surface area contributed by atoms with Crippen LogP contribution < -0.4 is 9.47 Å². The van der Waals surface area contributed by atoms with Crippen molar-refractivity contribution in [3.8, 4) is 11.5 Å². The molecule has 0 aliphatic heterocycles. The zero-order valence-electron chi connectivity index (χ0n) is 11.8. The smallest absolute Gasteiger partial charge is 0.161 e. The van der Waals surface area contributed by atoms with E-state index in [1.165, 1.54) is 6.21 Å². The van der Waals surface area contributed by atoms with E-state index in [0.717, 1.165) is 24.3 Å². The number of benzene rings is 1. The van der Waals surface area contributed by atoms with Gasteiger partial charge in [0.1, 0.15) is 0 Å². The van der Waals surface area contributed by atoms with Gasteiger partial charge in [0.2, 0.25) is 0 Å². The van der Waals surface area contributed by atoms with Crippen molar-refractivity contribution in [1.29, 1.82) is 0 Å². The van der Waals surface area contributed by atoms with E-state index in [9.17, 15) is 0 Å². The first-order valence-electron chi connectivity index (χ1n) is 6.39. The van der Waals surface area contributed by atoms with Gasteiger partial charge in [-0.15, -0.1) is 0 Å². The van der Waals surface area contributed by atoms with Crippen LogP contribution in [0.2, 0.25) is 0 Å². The molecule has 0 unspecified atom stereocenters. The van der Waals surface area contributed by atoms with Crippen LogP contribution in [0.4, 0.5) is 0 Å². The highest BCUT2D eigenvalue weighted by atomic mass is 16.5. The number of hydrogen-bond donors (Lipinski definition) is 1. The van der Waals surface area contributed by atoms with Crippen LogP contribution in [0.1, 0.15) is 18.9 Å². The molecule has 0 amide bonds. The second-order valence-corrected chi connectivity index (χ2v) is 4.39. The zero-order chi connectivity index (χ0) is 14.1. The largest absolute Gasteiger partial charge is 0.490 e. The van der Waals surface area contributed by atoms with Crippen LogP contribution in [0.5, 0.6) is 11.5 Å². The summed E-state index contributed by atoms with van der Waals surface area (Å²) in [5.74, 6) is 1.39. The van der Waals surface area contributed by atoms with Gasteiger partial charge < -0.3 is 19.6 Å². The van der Waals surface area contributed by atoms with Crippen LogP contribution in [0.15, 0.2) is 23.4 Å². The molecular formula is C14H22N2O3. The molecule has 0 atom stereocenters. The molecule has 1 aromatic rings. The van der Waals surface area contributed by atoms with Crippen molar-refractivity contribution in [2.75, 3.05) is 33.9 Å². The SMILES string of the molecule is CCOc1cc(C=NO)ccc1OCCCN(C)C. The van der Waals surface area contributed by atoms with Crippen molar-refractivity contribution < 1.29 is 14.7 Å². The molecule has 0 radical (unpaired) electrons. The fourth-order valence-corrected chi connectivity index (χ4v) is 1.62. The van der Waals surface area contributed by atoms with Gasteiger partial charge in [-0.1, -0.05) is 5.16 Å². The van der Waals surface area contributed by atoms with Gasteiger partial charge in [0.05, 0.1) is 19.4 Å². The summed E-state index contributed by atoms with van der Waals surface area (Å²) >= 11 is 0. The third-order valence-electron chi connectivity index (χ3n) is 2.48. The van der Waals surface area contributed by atoms with Crippen molar-refractivity contribution >= 4 is 6.21 Å². The van der Waals surface area contributed by atoms with E-state index < -0.39 is 0 Å². The first-order valence-corrected chi connectivity index (χ1v) is 6.39. The molecule has 0 fully saturated rings. The summed E-state index contributed by atoms with van der Waals surface area (Å²) in [6.45, 7) is 4.11. The molecule has 5 nitrogen and oxygen atoms in total. The standard InChI is InChI=1S/C14H22N2O3/c1-4-18-14-10-12(11-15-17)6-7-13(14)19-9-5-8-16(2)3/h6-7,10-11,17H,4-5,8-9H2,1-3H3. The van der Waals surface area contributed by atoms with Crippen LogP contribution >= 0.6 is 0 Å². The number of oxime groups is 1. The molecule has 0 aromatic heterocycles. The Kier molecular flexibility index (Phi) is 6.74. The van der Waals surface area contributed by atoms with Gasteiger partial charge in [-0.05, 0) is 45.6 Å². The number of ether oxygens (including phenoxy) is 2. The number of rotatable bonds is 8. The maximum atomic E-state index is 8.53. The lowest BCUT2D eigenvalue weighted by molar-refractivity contribution is 0.258. The molecule has 1 rings (SSSR count). The quantitative estimate of drug-likeness (QED) is 0.339. The van der Waals surface area contributed by atoms with E-state index in [2.05, 4.69) is 10.1 Å². The maximum Gasteiger partial charge on any atom is 0.161 e. The third kappa shape index (κ3) is 5.61. The summed E-state index contributed by atoms with van der Waals surface area (Å²) in [4.78, 5) is 2.12. The molecule has 0 saturated carbocycles. The average molecular weight is 266 g/mol. The van der Waals surface area contributed by atoms with Gasteiger partial charge >= 0.3 is 0 Å². The van der Waals surface area contributed by atoms with Gasteiger partial charge in [0.15, 0.2) is 11.5 Å². The molecular weight excluding hydrogens is 244 g/mol. The Bertz CT molecular complexity index is 406. The van der Waals surface area contributed by atoms with E-state index >= 15 is 0 Å². The summed E-state index contributed by atoms with van der Waals surface area (Å²) in [6, 6.07) is 5.45. The van der Waals surface area contributed by atoms with Crippen LogP contribution in [0, 0.1) is 0 Å². The summed E-state index contributed by atoms with van der Waals surface area (Å²) < 4.78 is 11.2. The van der Waals surface area contributed by atoms with E-state index in [0.29, 0.717) is 19.0 Å². The minimum Gasteiger partial charge on any atom is -0.490 e. The highest BCUT2D eigenvalue weighted by molar-refractivity contribution is 5.80. The summed E-state index contributed by atoms with van der Waals surface area (Å²) in [5, 5.41) is 11.5. The Morgan fingerprint density at radius 3 is 2.68 bits per heavy atom. The Balaban J connectivity index is 2.65. The van der Waals surface area contributed by atoms with Crippen LogP contribution in [-0.4, -0.2) is 50.2 Å². The van der Waals surface area contributed by atoms with Crippen molar-refractivity contribution in [3.63, 3.8) is 0 Å². The maximum absolute atomic E-state index is 8.53. The second kappa shape index (κ2) is 8.37. The minimum atomic E-state index is 0.563. The van der Waals surface area contributed by atoms with E-state index in [1.54, 1.807) is 6.07 Å². The molecule has 1 aromatic carbocycles. The number of nitrogens with zero attached hydrogens (tertiary/aromatic N) is 2. The van der Waals surface area contributed by atoms with Gasteiger partial charge in [0.25, 0.3) is 0 Å². The van der Waals surface area contributed by atoms with Gasteiger partial charge in [-0.25, -0.2) is 0 Å². The Labute approximate surface area is 114 Å². The predicted molar refractivity (Wildman–Crippen MR) is 75.7 cm³/mol. The lowest BCUT2D eigenvalue weighted by atomic mass is 10.2. The highest BCUT2D eigenvalue weighted by Gasteiger charge is 2.06. The fraction of sp³-hybridized carbons (Fsp3) is 0.500. The molecule has 0 spiro atoms. The highest BCUT2D eigenvalue weighted by Crippen LogP contribution is 2.28. The van der Waals surface area contributed by atoms with Crippen molar-refractivity contribution in [2.24, 2.45) is 5.16 Å². The molecule has 0 saturated heterocycles. The molecule has 0 aliphatic carbocycles. The second-order valence-electron chi connectivity index (χ2n) is 4.39. The van der Waals surface area contributed by atoms with Gasteiger partial charge in [-0.3, -0.25) is 0 Å². The summed E-state index contributed by atoms with van der Waals surface area (Å²) in [7, 11) is 4.07. The summed E-state index contributed by atoms with van der Waals surface area (Å²) in [6.07, 6.45) is 2.32. The van der Waals surface area contributed by atoms with Crippen LogP contribution in [0.25, 0.3) is 0 Å². The van der Waals surface area contributed by atoms with Crippen molar-refractivity contribution in [1.82, 2.24) is 4.90 Å². The monoisotopic (exact) mass is 266 g/mol. The van der Waals surface area contributed by atoms with Gasteiger partial charge in [0, 0.05) is 12.1 Å². The first kappa shape index (κ1) is 15.3. The lowest BCUT2D eigenvalue weighted by Crippen LogP contribution is -2.15. The Morgan fingerprint density at radius 2 is 2.05 bits per heavy atom. The zero-order valence-corrected chi connectivity index (χ0v) is 11.8. The minimum absolute atomic E-state index is 0.563. The first-order chi connectivity index (χ1) is 9.17. The lowest BCUT2D eigenvalue weighted by Gasteiger charge is -2.13. The molecule has 0 heterocycles. The molecule has 0 aliphatic rings. The molecule has 1 N–H and O–H groups in total. The normalized spacial score (nSPS) is 11.2. The van der Waals surface area contributed by atoms with Crippen LogP contribution in [0.3, 0.4) is 0 Å². The van der Waals surface area contributed by atoms with E-state index in [4.69, 9.17) is 14.7 Å².